The first-order chi connectivity index (χ1) is 7.83. The molecule has 0 saturated carbocycles. The Kier molecular flexibility index (Phi) is 2.43. The largest absolute Gasteiger partial charge is 0.366 e. The molecule has 1 atom stereocenters. The average molecular weight is 235 g/mol. The van der Waals surface area contributed by atoms with Crippen LogP contribution in [-0.2, 0) is 0 Å². The molecule has 1 saturated heterocycles. The number of hydrogen-bond donors (Lipinski definition) is 1. The Balaban J connectivity index is 1.97. The van der Waals surface area contributed by atoms with Crippen molar-refractivity contribution in [3.05, 3.63) is 18.1 Å². The minimum Gasteiger partial charge on any atom is -0.366 e. The first-order valence-electron chi connectivity index (χ1n) is 5.34. The fourth-order valence-corrected chi connectivity index (χ4v) is 3.04. The SMILES string of the molecule is Cc1cc(NC2CCSC2)n2ncnc2n1. The minimum atomic E-state index is 0.541. The van der Waals surface area contributed by atoms with Crippen LogP contribution in [0, 0.1) is 6.92 Å². The van der Waals surface area contributed by atoms with Gasteiger partial charge in [-0.3, -0.25) is 0 Å². The fourth-order valence-electron chi connectivity index (χ4n) is 1.89. The summed E-state index contributed by atoms with van der Waals surface area (Å²) >= 11 is 1.99. The van der Waals surface area contributed by atoms with E-state index in [1.54, 1.807) is 4.52 Å². The monoisotopic (exact) mass is 235 g/mol. The normalized spacial score (nSPS) is 20.4. The number of thioether (sulfide) groups is 1. The fraction of sp³-hybridized carbons (Fsp3) is 0.500. The molecule has 1 unspecified atom stereocenters. The van der Waals surface area contributed by atoms with Gasteiger partial charge in [-0.2, -0.15) is 26.4 Å². The topological polar surface area (TPSA) is 55.1 Å². The van der Waals surface area contributed by atoms with Crippen LogP contribution < -0.4 is 5.32 Å². The molecule has 1 aliphatic rings. The van der Waals surface area contributed by atoms with Crippen LogP contribution in [0.25, 0.3) is 5.78 Å². The van der Waals surface area contributed by atoms with Gasteiger partial charge in [0.05, 0.1) is 0 Å². The van der Waals surface area contributed by atoms with Gasteiger partial charge in [-0.05, 0) is 19.1 Å². The summed E-state index contributed by atoms with van der Waals surface area (Å²) in [6.07, 6.45) is 2.75. The molecule has 0 aliphatic carbocycles. The molecule has 3 heterocycles. The van der Waals surface area contributed by atoms with Crippen LogP contribution in [0.4, 0.5) is 5.82 Å². The van der Waals surface area contributed by atoms with Gasteiger partial charge < -0.3 is 5.32 Å². The van der Waals surface area contributed by atoms with Gasteiger partial charge in [0.1, 0.15) is 12.1 Å². The third-order valence-electron chi connectivity index (χ3n) is 2.66. The lowest BCUT2D eigenvalue weighted by atomic mass is 10.2. The Bertz CT molecular complexity index is 503. The average Bonchev–Trinajstić information content (AvgIpc) is 2.87. The van der Waals surface area contributed by atoms with E-state index in [0.29, 0.717) is 11.8 Å². The number of nitrogens with one attached hydrogen (secondary N) is 1. The third kappa shape index (κ3) is 1.73. The van der Waals surface area contributed by atoms with E-state index in [1.807, 2.05) is 24.8 Å². The maximum absolute atomic E-state index is 4.32. The van der Waals surface area contributed by atoms with E-state index in [2.05, 4.69) is 20.4 Å². The Morgan fingerprint density at radius 2 is 2.50 bits per heavy atom. The number of fused-ring (bicyclic) bond motifs is 1. The summed E-state index contributed by atoms with van der Waals surface area (Å²) in [7, 11) is 0. The number of anilines is 1. The molecule has 16 heavy (non-hydrogen) atoms. The lowest BCUT2D eigenvalue weighted by Crippen LogP contribution is -2.20. The van der Waals surface area contributed by atoms with E-state index in [4.69, 9.17) is 0 Å². The number of aryl methyl sites for hydroxylation is 1. The highest BCUT2D eigenvalue weighted by Crippen LogP contribution is 2.21. The molecule has 1 fully saturated rings. The minimum absolute atomic E-state index is 0.541. The van der Waals surface area contributed by atoms with Gasteiger partial charge in [0.2, 0.25) is 0 Å². The van der Waals surface area contributed by atoms with E-state index in [1.165, 1.54) is 18.5 Å². The van der Waals surface area contributed by atoms with Crippen molar-refractivity contribution in [1.82, 2.24) is 19.6 Å². The van der Waals surface area contributed by atoms with Crippen molar-refractivity contribution < 1.29 is 0 Å². The van der Waals surface area contributed by atoms with Crippen molar-refractivity contribution in [1.29, 1.82) is 0 Å². The molecule has 5 nitrogen and oxygen atoms in total. The van der Waals surface area contributed by atoms with Gasteiger partial charge in [0.25, 0.3) is 5.78 Å². The van der Waals surface area contributed by atoms with E-state index < -0.39 is 0 Å². The third-order valence-corrected chi connectivity index (χ3v) is 3.82. The van der Waals surface area contributed by atoms with Crippen LogP contribution in [0.15, 0.2) is 12.4 Å². The second-order valence-corrected chi connectivity index (χ2v) is 5.11. The second kappa shape index (κ2) is 3.93. The van der Waals surface area contributed by atoms with Gasteiger partial charge in [-0.25, -0.2) is 4.98 Å². The highest BCUT2D eigenvalue weighted by Gasteiger charge is 2.16. The first-order valence-corrected chi connectivity index (χ1v) is 6.50. The molecule has 0 spiro atoms. The van der Waals surface area contributed by atoms with Crippen molar-refractivity contribution >= 4 is 23.4 Å². The van der Waals surface area contributed by atoms with Gasteiger partial charge >= 0.3 is 0 Å². The molecular formula is C10H13N5S. The molecule has 3 rings (SSSR count). The predicted octanol–water partition coefficient (Wildman–Crippen LogP) is 1.35. The van der Waals surface area contributed by atoms with Gasteiger partial charge in [-0.15, -0.1) is 0 Å². The van der Waals surface area contributed by atoms with Crippen molar-refractivity contribution in [3.63, 3.8) is 0 Å². The van der Waals surface area contributed by atoms with Gasteiger partial charge in [0.15, 0.2) is 0 Å². The molecule has 0 bridgehead atoms. The van der Waals surface area contributed by atoms with Crippen molar-refractivity contribution in [2.24, 2.45) is 0 Å². The summed E-state index contributed by atoms with van der Waals surface area (Å²) in [4.78, 5) is 8.43. The second-order valence-electron chi connectivity index (χ2n) is 3.96. The van der Waals surface area contributed by atoms with Crippen molar-refractivity contribution in [2.75, 3.05) is 16.8 Å². The molecule has 0 aromatic carbocycles. The molecule has 84 valence electrons. The Morgan fingerprint density at radius 1 is 1.56 bits per heavy atom. The van der Waals surface area contributed by atoms with Crippen LogP contribution in [0.2, 0.25) is 0 Å². The van der Waals surface area contributed by atoms with Gasteiger partial charge in [0, 0.05) is 23.6 Å². The maximum Gasteiger partial charge on any atom is 0.254 e. The summed E-state index contributed by atoms with van der Waals surface area (Å²) in [5, 5.41) is 7.69. The Morgan fingerprint density at radius 3 is 3.31 bits per heavy atom. The Labute approximate surface area is 97.7 Å². The molecule has 1 N–H and O–H groups in total. The number of hydrogen-bond acceptors (Lipinski definition) is 5. The molecule has 0 radical (unpaired) electrons. The molecule has 1 aliphatic heterocycles. The first kappa shape index (κ1) is 9.89. The van der Waals surface area contributed by atoms with Crippen LogP contribution in [0.1, 0.15) is 12.1 Å². The van der Waals surface area contributed by atoms with Crippen LogP contribution in [0.3, 0.4) is 0 Å². The lowest BCUT2D eigenvalue weighted by Gasteiger charge is -2.13. The number of aromatic nitrogens is 4. The van der Waals surface area contributed by atoms with Gasteiger partial charge in [-0.1, -0.05) is 0 Å². The highest BCUT2D eigenvalue weighted by molar-refractivity contribution is 7.99. The molecular weight excluding hydrogens is 222 g/mol. The van der Waals surface area contributed by atoms with Crippen molar-refractivity contribution in [3.8, 4) is 0 Å². The van der Waals surface area contributed by atoms with E-state index in [9.17, 15) is 0 Å². The lowest BCUT2D eigenvalue weighted by molar-refractivity contribution is 0.789. The molecule has 2 aromatic heterocycles. The molecule has 2 aromatic rings. The standard InChI is InChI=1S/C10H13N5S/c1-7-4-9(14-8-2-3-16-5-8)15-10(13-7)11-6-12-15/h4,6,8,14H,2-3,5H2,1H3. The zero-order chi connectivity index (χ0) is 11.0. The maximum atomic E-state index is 4.32. The smallest absolute Gasteiger partial charge is 0.254 e. The van der Waals surface area contributed by atoms with E-state index in [0.717, 1.165) is 17.3 Å². The number of rotatable bonds is 2. The van der Waals surface area contributed by atoms with Crippen LogP contribution in [0.5, 0.6) is 0 Å². The van der Waals surface area contributed by atoms with E-state index in [-0.39, 0.29) is 0 Å². The van der Waals surface area contributed by atoms with E-state index >= 15 is 0 Å². The summed E-state index contributed by atoms with van der Waals surface area (Å²) in [5.41, 5.74) is 0.966. The molecule has 0 amide bonds. The summed E-state index contributed by atoms with van der Waals surface area (Å²) in [6, 6.07) is 2.56. The summed E-state index contributed by atoms with van der Waals surface area (Å²) in [6.45, 7) is 1.98. The number of nitrogens with zero attached hydrogens (tertiary/aromatic N) is 4. The van der Waals surface area contributed by atoms with Crippen molar-refractivity contribution in [2.45, 2.75) is 19.4 Å². The Hall–Kier alpha value is -1.30. The predicted molar refractivity (Wildman–Crippen MR) is 64.9 cm³/mol. The quantitative estimate of drug-likeness (QED) is 0.851. The van der Waals surface area contributed by atoms with Crippen LogP contribution in [-0.4, -0.2) is 37.1 Å². The summed E-state index contributed by atoms with van der Waals surface area (Å²) < 4.78 is 1.76. The van der Waals surface area contributed by atoms with Crippen LogP contribution >= 0.6 is 11.8 Å². The zero-order valence-corrected chi connectivity index (χ0v) is 9.87. The summed E-state index contributed by atoms with van der Waals surface area (Å²) in [5.74, 6) is 4.06. The zero-order valence-electron chi connectivity index (χ0n) is 9.05. The molecule has 6 heteroatoms. The highest BCUT2D eigenvalue weighted by atomic mass is 32.2.